The second-order valence-corrected chi connectivity index (χ2v) is 22.1. The zero-order valence-electron chi connectivity index (χ0n) is 42.3. The number of aromatic nitrogens is 4. The van der Waals surface area contributed by atoms with Crippen molar-refractivity contribution in [2.45, 2.75) is 89.4 Å². The summed E-state index contributed by atoms with van der Waals surface area (Å²) in [5, 5.41) is 22.6. The molecule has 3 fully saturated rings. The molecule has 4 unspecified atom stereocenters. The molecule has 3 saturated heterocycles. The predicted molar refractivity (Wildman–Crippen MR) is 285 cm³/mol. The lowest BCUT2D eigenvalue weighted by molar-refractivity contribution is -0.172. The van der Waals surface area contributed by atoms with Crippen LogP contribution in [-0.2, 0) is 39.5 Å². The quantitative estimate of drug-likeness (QED) is 0.0922. The van der Waals surface area contributed by atoms with Crippen LogP contribution in [0.4, 0.5) is 24.0 Å². The summed E-state index contributed by atoms with van der Waals surface area (Å²) in [6.45, 7) is 11.4. The second kappa shape index (κ2) is 18.7. The van der Waals surface area contributed by atoms with Gasteiger partial charge in [0.2, 0.25) is 0 Å². The highest BCUT2D eigenvalue weighted by Gasteiger charge is 2.50. The average molecular weight is 1090 g/mol. The summed E-state index contributed by atoms with van der Waals surface area (Å²) in [6, 6.07) is 12.7. The van der Waals surface area contributed by atoms with Gasteiger partial charge in [0.1, 0.15) is 60.0 Å². The first-order chi connectivity index (χ1) is 37.0. The monoisotopic (exact) mass is 1090 g/mol. The third-order valence-corrected chi connectivity index (χ3v) is 17.6. The number of rotatable bonds is 11. The second-order valence-electron chi connectivity index (χ2n) is 20.6. The number of fused-ring (bicyclic) bond motifs is 8. The Kier molecular flexibility index (Phi) is 12.3. The van der Waals surface area contributed by atoms with Crippen molar-refractivity contribution in [3.63, 3.8) is 0 Å². The summed E-state index contributed by atoms with van der Waals surface area (Å²) < 4.78 is 67.0. The number of nitrogen functional groups attached to an aromatic ring is 1. The van der Waals surface area contributed by atoms with Gasteiger partial charge in [-0.05, 0) is 86.7 Å². The minimum absolute atomic E-state index is 0.00139. The zero-order chi connectivity index (χ0) is 54.0. The molecule has 0 bridgehead atoms. The van der Waals surface area contributed by atoms with Gasteiger partial charge >= 0.3 is 12.0 Å². The van der Waals surface area contributed by atoms with Crippen LogP contribution in [0.2, 0.25) is 5.02 Å². The highest BCUT2D eigenvalue weighted by atomic mass is 35.5. The predicted octanol–water partition coefficient (Wildman–Crippen LogP) is 8.48. The van der Waals surface area contributed by atoms with Crippen molar-refractivity contribution >= 4 is 77.5 Å². The molecule has 9 heterocycles. The van der Waals surface area contributed by atoms with E-state index >= 15 is 8.78 Å². The first kappa shape index (κ1) is 50.5. The normalized spacial score (nSPS) is 21.8. The summed E-state index contributed by atoms with van der Waals surface area (Å²) in [7, 11) is 0. The van der Waals surface area contributed by atoms with Gasteiger partial charge in [-0.3, -0.25) is 14.5 Å². The van der Waals surface area contributed by atoms with E-state index < -0.39 is 41.0 Å². The average Bonchev–Trinajstić information content (AvgIpc) is 4.24. The fourth-order valence-electron chi connectivity index (χ4n) is 12.4. The number of nitriles is 1. The molecule has 1 amide bonds. The fraction of sp³-hybridized carbons (Fsp3) is 0.375. The SMILES string of the molecule is C=C(COc1ccc2nc3c(c(CC)c2c1)Cn1c-3cc2c(c1=O)COC(=O)C2(O)CC)C(=O)N1CCN(c2nc(OCC34CCCN3CC(F)C4)nc3c(F)c(-c4ccc(F)c5sc(N)c(C#N)c45)c(Cl)cc23)C(C)C1. The van der Waals surface area contributed by atoms with E-state index in [1.807, 2.05) is 36.9 Å². The Bertz CT molecular complexity index is 3850. The topological polar surface area (TPSA) is 202 Å². The number of piperazine rings is 1. The van der Waals surface area contributed by atoms with Crippen molar-refractivity contribution in [3.8, 4) is 40.3 Å². The fourth-order valence-corrected chi connectivity index (χ4v) is 13.6. The number of pyridine rings is 2. The van der Waals surface area contributed by atoms with Crippen LogP contribution in [0.3, 0.4) is 0 Å². The number of cyclic esters (lactones) is 1. The van der Waals surface area contributed by atoms with Gasteiger partial charge in [0, 0.05) is 77.1 Å². The van der Waals surface area contributed by atoms with Crippen molar-refractivity contribution in [3.05, 3.63) is 109 Å². The van der Waals surface area contributed by atoms with Crippen LogP contribution in [0.25, 0.3) is 54.4 Å². The lowest BCUT2D eigenvalue weighted by Crippen LogP contribution is -2.54. The van der Waals surface area contributed by atoms with E-state index in [1.54, 1.807) is 28.5 Å². The van der Waals surface area contributed by atoms with Crippen LogP contribution in [0, 0.1) is 23.0 Å². The van der Waals surface area contributed by atoms with Crippen LogP contribution < -0.4 is 25.7 Å². The molecule has 7 aromatic rings. The van der Waals surface area contributed by atoms with E-state index in [0.717, 1.165) is 47.2 Å². The van der Waals surface area contributed by atoms with Crippen molar-refractivity contribution in [1.82, 2.24) is 29.3 Å². The Labute approximate surface area is 448 Å². The number of ether oxygens (including phenoxy) is 3. The number of aliphatic hydroxyl groups is 1. The molecule has 12 rings (SSSR count). The molecule has 16 nitrogen and oxygen atoms in total. The molecule has 5 aliphatic rings. The lowest BCUT2D eigenvalue weighted by atomic mass is 9.86. The number of aryl methyl sites for hydroxylation is 1. The Balaban J connectivity index is 0.800. The number of nitrogens with zero attached hydrogens (tertiary/aromatic N) is 8. The number of thiophene rings is 1. The smallest absolute Gasteiger partial charge is 0.343 e. The maximum Gasteiger partial charge on any atom is 0.343 e. The first-order valence-corrected chi connectivity index (χ1v) is 26.8. The number of nitrogens with two attached hydrogens (primary N) is 1. The molecule has 5 aliphatic heterocycles. The third-order valence-electron chi connectivity index (χ3n) is 16.3. The third kappa shape index (κ3) is 7.90. The molecule has 0 aliphatic carbocycles. The lowest BCUT2D eigenvalue weighted by Gasteiger charge is -2.41. The molecule has 0 radical (unpaired) electrons. The van der Waals surface area contributed by atoms with E-state index in [9.17, 15) is 29.1 Å². The number of benzene rings is 3. The molecule has 0 saturated carbocycles. The van der Waals surface area contributed by atoms with Gasteiger partial charge in [0.25, 0.3) is 11.5 Å². The first-order valence-electron chi connectivity index (χ1n) is 25.6. The summed E-state index contributed by atoms with van der Waals surface area (Å²) >= 11 is 7.88. The number of alkyl halides is 1. The van der Waals surface area contributed by atoms with Gasteiger partial charge in [-0.25, -0.2) is 22.9 Å². The van der Waals surface area contributed by atoms with Gasteiger partial charge in [-0.15, -0.1) is 11.3 Å². The number of carbonyl (C=O) groups is 2. The molecular formula is C56H51ClF3N9O7S. The van der Waals surface area contributed by atoms with Gasteiger partial charge in [0.15, 0.2) is 11.4 Å². The standard InChI is InChI=1S/C56H51ClF3N9O7S/c1-5-31-33-16-30(8-11-41(33)63-46-36(31)23-69-42(46)18-38-37(52(69)71)25-75-53(72)56(38,73)6-2)74-24-27(3)51(70)66-14-15-68(28(4)21-66)50-34-17-39(57)44(32-9-10-40(59)48-43(32)35(20-61)49(62)77-48)45(60)47(34)64-54(65-50)76-26-55-12-7-13-67(55)22-29(58)19-55/h8-11,16-18,28-29,73H,3,5-7,12-15,19,21-26,62H2,1-2,4H3. The Morgan fingerprint density at radius 2 is 1.88 bits per heavy atom. The number of anilines is 2. The van der Waals surface area contributed by atoms with Gasteiger partial charge in [-0.2, -0.15) is 15.2 Å². The number of halogens is 4. The number of hydrogen-bond acceptors (Lipinski definition) is 15. The number of esters is 1. The molecule has 4 aromatic heterocycles. The maximum atomic E-state index is 17.5. The molecule has 3 N–H and O–H groups in total. The number of amides is 1. The molecule has 77 heavy (non-hydrogen) atoms. The maximum absolute atomic E-state index is 17.5. The molecule has 4 atom stereocenters. The van der Waals surface area contributed by atoms with Gasteiger partial charge in [0.05, 0.1) is 49.8 Å². The minimum Gasteiger partial charge on any atom is -0.489 e. The minimum atomic E-state index is -1.94. The highest BCUT2D eigenvalue weighted by Crippen LogP contribution is 2.47. The summed E-state index contributed by atoms with van der Waals surface area (Å²) in [5.41, 5.74) is 7.45. The molecule has 21 heteroatoms. The van der Waals surface area contributed by atoms with Crippen molar-refractivity contribution < 1.29 is 42.1 Å². The van der Waals surface area contributed by atoms with Crippen molar-refractivity contribution in [2.24, 2.45) is 0 Å². The van der Waals surface area contributed by atoms with Crippen LogP contribution in [0.1, 0.15) is 74.3 Å². The largest absolute Gasteiger partial charge is 0.489 e. The summed E-state index contributed by atoms with van der Waals surface area (Å²) in [5.74, 6) is -1.82. The van der Waals surface area contributed by atoms with E-state index in [4.69, 9.17) is 41.5 Å². The molecule has 396 valence electrons. The van der Waals surface area contributed by atoms with E-state index in [-0.39, 0.29) is 141 Å². The van der Waals surface area contributed by atoms with Crippen molar-refractivity contribution in [1.29, 1.82) is 5.26 Å². The van der Waals surface area contributed by atoms with Crippen LogP contribution in [0.15, 0.2) is 59.4 Å². The van der Waals surface area contributed by atoms with Crippen molar-refractivity contribution in [2.75, 3.05) is 56.6 Å². The van der Waals surface area contributed by atoms with Crippen LogP contribution in [0.5, 0.6) is 11.8 Å². The molecular weight excluding hydrogens is 1040 g/mol. The Hall–Kier alpha value is -7.31. The summed E-state index contributed by atoms with van der Waals surface area (Å²) in [4.78, 5) is 60.8. The van der Waals surface area contributed by atoms with Crippen LogP contribution in [-0.4, -0.2) is 110 Å². The highest BCUT2D eigenvalue weighted by molar-refractivity contribution is 7.23. The van der Waals surface area contributed by atoms with E-state index in [2.05, 4.69) is 16.5 Å². The molecule has 0 spiro atoms. The Morgan fingerprint density at radius 1 is 1.06 bits per heavy atom. The number of hydrogen-bond donors (Lipinski definition) is 2. The van der Waals surface area contributed by atoms with Crippen LogP contribution >= 0.6 is 22.9 Å². The van der Waals surface area contributed by atoms with Gasteiger partial charge in [-0.1, -0.05) is 38.1 Å². The Morgan fingerprint density at radius 3 is 2.65 bits per heavy atom. The zero-order valence-corrected chi connectivity index (χ0v) is 43.8. The summed E-state index contributed by atoms with van der Waals surface area (Å²) in [6.07, 6.45) is 1.50. The number of carbonyl (C=O) groups excluding carboxylic acids is 2. The van der Waals surface area contributed by atoms with E-state index in [1.165, 1.54) is 18.2 Å². The van der Waals surface area contributed by atoms with Gasteiger partial charge < -0.3 is 39.4 Å². The molecule has 3 aromatic carbocycles. The van der Waals surface area contributed by atoms with E-state index in [0.29, 0.717) is 41.4 Å².